The van der Waals surface area contributed by atoms with Crippen LogP contribution in [0.1, 0.15) is 12.8 Å². The first-order valence-corrected chi connectivity index (χ1v) is 6.27. The van der Waals surface area contributed by atoms with E-state index in [-0.39, 0.29) is 0 Å². The van der Waals surface area contributed by atoms with Gasteiger partial charge in [0, 0.05) is 24.1 Å². The zero-order chi connectivity index (χ0) is 11.7. The SMILES string of the molecule is Clc1ccc2c(c1)nnn2CC1CCCOC1. The highest BCUT2D eigenvalue weighted by Crippen LogP contribution is 2.20. The Hall–Kier alpha value is -1.13. The minimum absolute atomic E-state index is 0.546. The van der Waals surface area contributed by atoms with Crippen LogP contribution in [-0.4, -0.2) is 28.2 Å². The van der Waals surface area contributed by atoms with Gasteiger partial charge in [0.25, 0.3) is 0 Å². The summed E-state index contributed by atoms with van der Waals surface area (Å²) < 4.78 is 7.43. The van der Waals surface area contributed by atoms with E-state index in [1.165, 1.54) is 6.42 Å². The average Bonchev–Trinajstić information content (AvgIpc) is 2.73. The minimum atomic E-state index is 0.546. The third-order valence-electron chi connectivity index (χ3n) is 3.16. The maximum absolute atomic E-state index is 5.92. The normalized spacial score (nSPS) is 20.9. The van der Waals surface area contributed by atoms with E-state index in [1.54, 1.807) is 0 Å². The number of ether oxygens (including phenoxy) is 1. The molecule has 1 aliphatic rings. The number of aromatic nitrogens is 3. The van der Waals surface area contributed by atoms with Crippen molar-refractivity contribution in [3.63, 3.8) is 0 Å². The van der Waals surface area contributed by atoms with Crippen LogP contribution in [0.3, 0.4) is 0 Å². The molecule has 1 aliphatic heterocycles. The van der Waals surface area contributed by atoms with Gasteiger partial charge in [-0.15, -0.1) is 5.10 Å². The Bertz CT molecular complexity index is 519. The van der Waals surface area contributed by atoms with Gasteiger partial charge in [-0.05, 0) is 31.0 Å². The van der Waals surface area contributed by atoms with E-state index in [4.69, 9.17) is 16.3 Å². The highest BCUT2D eigenvalue weighted by Gasteiger charge is 2.16. The summed E-state index contributed by atoms with van der Waals surface area (Å²) in [6.07, 6.45) is 2.35. The van der Waals surface area contributed by atoms with Crippen molar-refractivity contribution in [2.24, 2.45) is 5.92 Å². The lowest BCUT2D eigenvalue weighted by atomic mass is 10.0. The summed E-state index contributed by atoms with van der Waals surface area (Å²) in [5, 5.41) is 9.02. The third-order valence-corrected chi connectivity index (χ3v) is 3.40. The van der Waals surface area contributed by atoms with Crippen molar-refractivity contribution in [1.29, 1.82) is 0 Å². The number of nitrogens with zero attached hydrogens (tertiary/aromatic N) is 3. The number of rotatable bonds is 2. The molecule has 2 aromatic rings. The molecule has 0 bridgehead atoms. The highest BCUT2D eigenvalue weighted by atomic mass is 35.5. The lowest BCUT2D eigenvalue weighted by Gasteiger charge is -2.21. The Morgan fingerprint density at radius 3 is 3.24 bits per heavy atom. The van der Waals surface area contributed by atoms with Crippen molar-refractivity contribution in [2.75, 3.05) is 13.2 Å². The molecule has 5 heteroatoms. The molecular weight excluding hydrogens is 238 g/mol. The average molecular weight is 252 g/mol. The van der Waals surface area contributed by atoms with Crippen LogP contribution in [0.4, 0.5) is 0 Å². The van der Waals surface area contributed by atoms with Gasteiger partial charge in [-0.25, -0.2) is 4.68 Å². The molecule has 1 aromatic carbocycles. The van der Waals surface area contributed by atoms with E-state index in [0.717, 1.165) is 37.2 Å². The zero-order valence-electron chi connectivity index (χ0n) is 9.47. The summed E-state index contributed by atoms with van der Waals surface area (Å²) in [6.45, 7) is 2.59. The van der Waals surface area contributed by atoms with E-state index >= 15 is 0 Å². The summed E-state index contributed by atoms with van der Waals surface area (Å²) in [4.78, 5) is 0. The van der Waals surface area contributed by atoms with Gasteiger partial charge in [-0.2, -0.15) is 0 Å². The number of hydrogen-bond acceptors (Lipinski definition) is 3. The summed E-state index contributed by atoms with van der Waals surface area (Å²) in [6, 6.07) is 5.69. The first kappa shape index (κ1) is 11.0. The standard InChI is InChI=1S/C12H14ClN3O/c13-10-3-4-12-11(6-10)14-15-16(12)7-9-2-1-5-17-8-9/h3-4,6,9H,1-2,5,7-8H2. The predicted octanol–water partition coefficient (Wildman–Crippen LogP) is 2.51. The van der Waals surface area contributed by atoms with E-state index in [9.17, 15) is 0 Å². The van der Waals surface area contributed by atoms with Crippen LogP contribution in [0.2, 0.25) is 5.02 Å². The number of benzene rings is 1. The first-order valence-electron chi connectivity index (χ1n) is 5.89. The molecule has 3 rings (SSSR count). The second-order valence-corrected chi connectivity index (χ2v) is 4.92. The molecule has 1 fully saturated rings. The van der Waals surface area contributed by atoms with Crippen molar-refractivity contribution >= 4 is 22.6 Å². The summed E-state index contributed by atoms with van der Waals surface area (Å²) in [5.74, 6) is 0.546. The topological polar surface area (TPSA) is 39.9 Å². The molecule has 90 valence electrons. The predicted molar refractivity (Wildman–Crippen MR) is 66.1 cm³/mol. The third kappa shape index (κ3) is 2.28. The molecule has 0 radical (unpaired) electrons. The number of fused-ring (bicyclic) bond motifs is 1. The van der Waals surface area contributed by atoms with Crippen LogP contribution in [0.25, 0.3) is 11.0 Å². The van der Waals surface area contributed by atoms with Gasteiger partial charge < -0.3 is 4.74 Å². The van der Waals surface area contributed by atoms with Crippen molar-refractivity contribution in [3.05, 3.63) is 23.2 Å². The van der Waals surface area contributed by atoms with Crippen LogP contribution >= 0.6 is 11.6 Å². The largest absolute Gasteiger partial charge is 0.381 e. The highest BCUT2D eigenvalue weighted by molar-refractivity contribution is 6.31. The van der Waals surface area contributed by atoms with Crippen molar-refractivity contribution in [1.82, 2.24) is 15.0 Å². The van der Waals surface area contributed by atoms with Crippen LogP contribution in [-0.2, 0) is 11.3 Å². The van der Waals surface area contributed by atoms with Crippen LogP contribution in [0.15, 0.2) is 18.2 Å². The summed E-state index contributed by atoms with van der Waals surface area (Å²) in [7, 11) is 0. The maximum atomic E-state index is 5.92. The quantitative estimate of drug-likeness (QED) is 0.823. The van der Waals surface area contributed by atoms with Crippen molar-refractivity contribution in [2.45, 2.75) is 19.4 Å². The van der Waals surface area contributed by atoms with Crippen molar-refractivity contribution in [3.8, 4) is 0 Å². The Balaban J connectivity index is 1.84. The summed E-state index contributed by atoms with van der Waals surface area (Å²) in [5.41, 5.74) is 1.90. The molecule has 17 heavy (non-hydrogen) atoms. The molecule has 2 heterocycles. The van der Waals surface area contributed by atoms with E-state index < -0.39 is 0 Å². The molecule has 0 amide bonds. The first-order chi connectivity index (χ1) is 8.33. The smallest absolute Gasteiger partial charge is 0.114 e. The van der Waals surface area contributed by atoms with Gasteiger partial charge >= 0.3 is 0 Å². The lowest BCUT2D eigenvalue weighted by Crippen LogP contribution is -2.22. The monoisotopic (exact) mass is 251 g/mol. The molecule has 1 saturated heterocycles. The Kier molecular flexibility index (Phi) is 2.99. The van der Waals surface area contributed by atoms with E-state index in [2.05, 4.69) is 10.3 Å². The fourth-order valence-electron chi connectivity index (χ4n) is 2.28. The van der Waals surface area contributed by atoms with Gasteiger partial charge in [0.2, 0.25) is 0 Å². The molecule has 1 unspecified atom stereocenters. The molecule has 1 atom stereocenters. The number of hydrogen-bond donors (Lipinski definition) is 0. The van der Waals surface area contributed by atoms with Crippen molar-refractivity contribution < 1.29 is 4.74 Å². The van der Waals surface area contributed by atoms with Gasteiger partial charge in [0.1, 0.15) is 5.52 Å². The van der Waals surface area contributed by atoms with Crippen LogP contribution in [0, 0.1) is 5.92 Å². The van der Waals surface area contributed by atoms with E-state index in [1.807, 2.05) is 22.9 Å². The van der Waals surface area contributed by atoms with E-state index in [0.29, 0.717) is 10.9 Å². The Morgan fingerprint density at radius 2 is 2.41 bits per heavy atom. The van der Waals surface area contributed by atoms with Gasteiger partial charge in [0.15, 0.2) is 0 Å². The summed E-state index contributed by atoms with van der Waals surface area (Å²) >= 11 is 5.92. The Labute approximate surface area is 105 Å². The fraction of sp³-hybridized carbons (Fsp3) is 0.500. The van der Waals surface area contributed by atoms with Gasteiger partial charge in [-0.1, -0.05) is 16.8 Å². The van der Waals surface area contributed by atoms with Gasteiger partial charge in [0.05, 0.1) is 12.1 Å². The van der Waals surface area contributed by atoms with Crippen LogP contribution < -0.4 is 0 Å². The fourth-order valence-corrected chi connectivity index (χ4v) is 2.44. The molecule has 0 aliphatic carbocycles. The number of halogens is 1. The molecule has 0 N–H and O–H groups in total. The Morgan fingerprint density at radius 1 is 1.47 bits per heavy atom. The lowest BCUT2D eigenvalue weighted by molar-refractivity contribution is 0.0473. The molecule has 0 spiro atoms. The molecule has 0 saturated carbocycles. The van der Waals surface area contributed by atoms with Crippen LogP contribution in [0.5, 0.6) is 0 Å². The minimum Gasteiger partial charge on any atom is -0.381 e. The van der Waals surface area contributed by atoms with Gasteiger partial charge in [-0.3, -0.25) is 0 Å². The molecular formula is C12H14ClN3O. The maximum Gasteiger partial charge on any atom is 0.114 e. The molecule has 4 nitrogen and oxygen atoms in total. The molecule has 1 aromatic heterocycles. The second kappa shape index (κ2) is 4.63. The zero-order valence-corrected chi connectivity index (χ0v) is 10.2. The second-order valence-electron chi connectivity index (χ2n) is 4.49.